The van der Waals surface area contributed by atoms with Gasteiger partial charge in [-0.25, -0.2) is 0 Å². The third kappa shape index (κ3) is 1.99. The van der Waals surface area contributed by atoms with E-state index in [1.807, 2.05) is 6.92 Å². The van der Waals surface area contributed by atoms with Crippen molar-refractivity contribution >= 4 is 31.9 Å². The molecule has 0 radical (unpaired) electrons. The van der Waals surface area contributed by atoms with Crippen molar-refractivity contribution in [1.29, 1.82) is 0 Å². The third-order valence-corrected chi connectivity index (χ3v) is 7.47. The minimum Gasteiger partial charge on any atom is -0.493 e. The highest BCUT2D eigenvalue weighted by Crippen LogP contribution is 2.73. The predicted molar refractivity (Wildman–Crippen MR) is 88.3 cm³/mol. The number of hydrogen-bond acceptors (Lipinski definition) is 1. The van der Waals surface area contributed by atoms with E-state index in [0.29, 0.717) is 11.4 Å². The lowest BCUT2D eigenvalue weighted by Crippen LogP contribution is -2.04. The van der Waals surface area contributed by atoms with E-state index in [1.165, 1.54) is 24.8 Å². The molecule has 3 aliphatic carbocycles. The molecule has 2 bridgehead atoms. The van der Waals surface area contributed by atoms with Gasteiger partial charge < -0.3 is 4.74 Å². The van der Waals surface area contributed by atoms with Crippen LogP contribution in [-0.2, 0) is 0 Å². The van der Waals surface area contributed by atoms with Gasteiger partial charge >= 0.3 is 0 Å². The summed E-state index contributed by atoms with van der Waals surface area (Å²) in [5, 5.41) is 0. The molecule has 5 unspecified atom stereocenters. The lowest BCUT2D eigenvalue weighted by atomic mass is 9.97. The number of fused-ring (bicyclic) bond motifs is 5. The van der Waals surface area contributed by atoms with E-state index in [4.69, 9.17) is 4.74 Å². The third-order valence-electron chi connectivity index (χ3n) is 5.71. The number of hydrogen-bond donors (Lipinski definition) is 0. The molecule has 20 heavy (non-hydrogen) atoms. The van der Waals surface area contributed by atoms with Crippen LogP contribution in [-0.4, -0.2) is 6.61 Å². The van der Waals surface area contributed by atoms with Crippen LogP contribution >= 0.6 is 31.9 Å². The van der Waals surface area contributed by atoms with Gasteiger partial charge in [0.2, 0.25) is 0 Å². The van der Waals surface area contributed by atoms with Gasteiger partial charge in [-0.2, -0.15) is 0 Å². The highest BCUT2D eigenvalue weighted by Gasteiger charge is 2.66. The van der Waals surface area contributed by atoms with Gasteiger partial charge in [0.15, 0.2) is 0 Å². The van der Waals surface area contributed by atoms with Gasteiger partial charge in [-0.05, 0) is 89.4 Å². The summed E-state index contributed by atoms with van der Waals surface area (Å²) in [5.41, 5.74) is 1.40. The van der Waals surface area contributed by atoms with Gasteiger partial charge in [-0.15, -0.1) is 0 Å². The average Bonchev–Trinajstić information content (AvgIpc) is 2.88. The van der Waals surface area contributed by atoms with Gasteiger partial charge in [0.1, 0.15) is 5.75 Å². The van der Waals surface area contributed by atoms with Crippen molar-refractivity contribution in [2.24, 2.45) is 29.6 Å². The molecule has 4 rings (SSSR count). The Labute approximate surface area is 137 Å². The highest BCUT2D eigenvalue weighted by atomic mass is 79.9. The first-order valence-corrected chi connectivity index (χ1v) is 9.48. The molecule has 1 aromatic rings. The minimum atomic E-state index is 0.521. The van der Waals surface area contributed by atoms with E-state index in [0.717, 1.165) is 39.8 Å². The van der Waals surface area contributed by atoms with Crippen LogP contribution < -0.4 is 4.74 Å². The van der Waals surface area contributed by atoms with Crippen LogP contribution in [0.3, 0.4) is 0 Å². The Hall–Kier alpha value is -0.0200. The molecule has 3 heteroatoms. The smallest absolute Gasteiger partial charge is 0.133 e. The van der Waals surface area contributed by atoms with Gasteiger partial charge in [-0.1, -0.05) is 22.0 Å². The molecule has 0 aromatic heterocycles. The molecule has 0 saturated heterocycles. The zero-order valence-corrected chi connectivity index (χ0v) is 14.9. The summed E-state index contributed by atoms with van der Waals surface area (Å²) in [4.78, 5) is 0.521. The van der Waals surface area contributed by atoms with E-state index in [2.05, 4.69) is 50.1 Å². The summed E-state index contributed by atoms with van der Waals surface area (Å²) in [6, 6.07) is 6.56. The fourth-order valence-corrected chi connectivity index (χ4v) is 6.47. The molecule has 0 spiro atoms. The Morgan fingerprint density at radius 2 is 1.95 bits per heavy atom. The van der Waals surface area contributed by atoms with Crippen molar-refractivity contribution < 1.29 is 4.74 Å². The molecular weight excluding hydrogens is 380 g/mol. The first-order valence-electron chi connectivity index (χ1n) is 7.77. The van der Waals surface area contributed by atoms with E-state index in [1.54, 1.807) is 0 Å². The number of rotatable bonds is 4. The van der Waals surface area contributed by atoms with E-state index in [9.17, 15) is 0 Å². The Morgan fingerprint density at radius 1 is 1.25 bits per heavy atom. The fourth-order valence-electron chi connectivity index (χ4n) is 4.97. The molecule has 0 heterocycles. The maximum atomic E-state index is 5.60. The van der Waals surface area contributed by atoms with Gasteiger partial charge in [0.25, 0.3) is 0 Å². The fraction of sp³-hybridized carbons (Fsp3) is 0.647. The first-order chi connectivity index (χ1) is 9.70. The summed E-state index contributed by atoms with van der Waals surface area (Å²) < 4.78 is 6.68. The van der Waals surface area contributed by atoms with Crippen LogP contribution in [0.2, 0.25) is 0 Å². The number of ether oxygens (including phenoxy) is 1. The van der Waals surface area contributed by atoms with Gasteiger partial charge in [0, 0.05) is 4.83 Å². The minimum absolute atomic E-state index is 0.521. The maximum absolute atomic E-state index is 5.60. The predicted octanol–water partition coefficient (Wildman–Crippen LogP) is 5.58. The summed E-state index contributed by atoms with van der Waals surface area (Å²) in [5.74, 6) is 5.95. The lowest BCUT2D eigenvalue weighted by molar-refractivity contribution is 0.338. The number of alkyl halides is 1. The first kappa shape index (κ1) is 13.6. The Kier molecular flexibility index (Phi) is 3.42. The molecule has 3 aliphatic rings. The second-order valence-corrected chi connectivity index (χ2v) is 8.43. The van der Waals surface area contributed by atoms with Crippen LogP contribution in [0.4, 0.5) is 0 Å². The number of benzene rings is 1. The molecule has 0 aliphatic heterocycles. The van der Waals surface area contributed by atoms with Crippen LogP contribution in [0.5, 0.6) is 5.75 Å². The van der Waals surface area contributed by atoms with Crippen molar-refractivity contribution in [3.05, 3.63) is 28.2 Å². The lowest BCUT2D eigenvalue weighted by Gasteiger charge is -2.16. The number of halogens is 2. The maximum Gasteiger partial charge on any atom is 0.133 e. The zero-order valence-electron chi connectivity index (χ0n) is 11.7. The monoisotopic (exact) mass is 398 g/mol. The van der Waals surface area contributed by atoms with Crippen molar-refractivity contribution in [2.45, 2.75) is 31.0 Å². The molecule has 0 N–H and O–H groups in total. The van der Waals surface area contributed by atoms with E-state index >= 15 is 0 Å². The van der Waals surface area contributed by atoms with Crippen molar-refractivity contribution in [2.75, 3.05) is 6.61 Å². The standard InChI is InChI=1S/C17H20Br2O/c1-2-20-13-6-5-11(8-12(13)18)17(19)16-14-9-3-4-10(7-9)15(14)16/h5-6,8-10,14-17H,2-4,7H2,1H3. The summed E-state index contributed by atoms with van der Waals surface area (Å²) in [6.45, 7) is 2.74. The van der Waals surface area contributed by atoms with Crippen LogP contribution in [0.1, 0.15) is 36.6 Å². The van der Waals surface area contributed by atoms with Crippen molar-refractivity contribution in [3.8, 4) is 5.75 Å². The molecule has 5 atom stereocenters. The Bertz CT molecular complexity index is 514. The van der Waals surface area contributed by atoms with Gasteiger partial charge in [0.05, 0.1) is 11.1 Å². The van der Waals surface area contributed by atoms with Crippen molar-refractivity contribution in [1.82, 2.24) is 0 Å². The summed E-state index contributed by atoms with van der Waals surface area (Å²) in [6.07, 6.45) is 4.52. The molecule has 0 amide bonds. The van der Waals surface area contributed by atoms with Crippen molar-refractivity contribution in [3.63, 3.8) is 0 Å². The SMILES string of the molecule is CCOc1ccc(C(Br)C2C3C4CCC(C4)C32)cc1Br. The molecule has 1 nitrogen and oxygen atoms in total. The van der Waals surface area contributed by atoms with Crippen LogP contribution in [0.15, 0.2) is 22.7 Å². The van der Waals surface area contributed by atoms with Gasteiger partial charge in [-0.3, -0.25) is 0 Å². The topological polar surface area (TPSA) is 9.23 Å². The average molecular weight is 400 g/mol. The van der Waals surface area contributed by atoms with E-state index < -0.39 is 0 Å². The Morgan fingerprint density at radius 3 is 2.55 bits per heavy atom. The quantitative estimate of drug-likeness (QED) is 0.600. The second-order valence-electron chi connectivity index (χ2n) is 6.59. The Balaban J connectivity index is 1.52. The highest BCUT2D eigenvalue weighted by molar-refractivity contribution is 9.10. The normalized spacial score (nSPS) is 38.6. The zero-order chi connectivity index (χ0) is 13.9. The molecule has 108 valence electrons. The summed E-state index contributed by atoms with van der Waals surface area (Å²) in [7, 11) is 0. The summed E-state index contributed by atoms with van der Waals surface area (Å²) >= 11 is 7.62. The molecule has 1 aromatic carbocycles. The molecule has 3 saturated carbocycles. The van der Waals surface area contributed by atoms with E-state index in [-0.39, 0.29) is 0 Å². The second kappa shape index (κ2) is 5.01. The van der Waals surface area contributed by atoms with Crippen LogP contribution in [0, 0.1) is 29.6 Å². The largest absolute Gasteiger partial charge is 0.493 e. The van der Waals surface area contributed by atoms with Crippen LogP contribution in [0.25, 0.3) is 0 Å². The molecule has 3 fully saturated rings. The molecular formula is C17H20Br2O.